The van der Waals surface area contributed by atoms with E-state index in [1.165, 1.54) is 48.5 Å². The van der Waals surface area contributed by atoms with Gasteiger partial charge in [0, 0.05) is 16.3 Å². The number of carbonyl (C=O) groups excluding carboxylic acids is 4. The standard InChI is InChI=1S/C27H22ClN3O6/c1-15-3-9-22(16(2)11-15)29-24(33)14-37-23-10-4-18(28)12-17(23)13-21-25(34)30-27(36)31(26(21)35)19-5-7-20(32)8-6-19/h3-13,32H,14H2,1-2H3,(H,29,33)(H,30,34,36)/b21-13-. The van der Waals surface area contributed by atoms with Gasteiger partial charge in [-0.1, -0.05) is 29.3 Å². The van der Waals surface area contributed by atoms with E-state index < -0.39 is 23.8 Å². The first-order chi connectivity index (χ1) is 17.6. The molecular formula is C27H22ClN3O6. The highest BCUT2D eigenvalue weighted by Gasteiger charge is 2.37. The van der Waals surface area contributed by atoms with Crippen LogP contribution in [0.5, 0.6) is 11.5 Å². The highest BCUT2D eigenvalue weighted by Crippen LogP contribution is 2.28. The number of barbiturate groups is 1. The van der Waals surface area contributed by atoms with Crippen molar-refractivity contribution >= 4 is 52.8 Å². The molecule has 3 N–H and O–H groups in total. The number of hydrogen-bond acceptors (Lipinski definition) is 6. The molecule has 9 nitrogen and oxygen atoms in total. The zero-order valence-electron chi connectivity index (χ0n) is 19.9. The maximum Gasteiger partial charge on any atom is 0.335 e. The van der Waals surface area contributed by atoms with Gasteiger partial charge in [-0.25, -0.2) is 9.69 Å². The molecule has 0 bridgehead atoms. The molecule has 1 aliphatic heterocycles. The summed E-state index contributed by atoms with van der Waals surface area (Å²) in [6.07, 6.45) is 1.24. The van der Waals surface area contributed by atoms with E-state index >= 15 is 0 Å². The maximum atomic E-state index is 13.1. The molecule has 10 heteroatoms. The van der Waals surface area contributed by atoms with Crippen LogP contribution in [0.2, 0.25) is 5.02 Å². The Morgan fingerprint density at radius 2 is 1.78 bits per heavy atom. The molecule has 3 aromatic carbocycles. The number of ether oxygens (including phenoxy) is 1. The highest BCUT2D eigenvalue weighted by molar-refractivity contribution is 6.39. The third kappa shape index (κ3) is 5.79. The van der Waals surface area contributed by atoms with Crippen molar-refractivity contribution < 1.29 is 29.0 Å². The molecule has 0 aliphatic carbocycles. The number of anilines is 2. The number of nitrogens with one attached hydrogen (secondary N) is 2. The van der Waals surface area contributed by atoms with Crippen LogP contribution in [-0.2, 0) is 14.4 Å². The Bertz CT molecular complexity index is 1450. The fourth-order valence-electron chi connectivity index (χ4n) is 3.70. The minimum atomic E-state index is -0.927. The highest BCUT2D eigenvalue weighted by atomic mass is 35.5. The predicted molar refractivity (Wildman–Crippen MR) is 139 cm³/mol. The smallest absolute Gasteiger partial charge is 0.335 e. The second-order valence-corrected chi connectivity index (χ2v) is 8.75. The topological polar surface area (TPSA) is 125 Å². The fourth-order valence-corrected chi connectivity index (χ4v) is 3.88. The van der Waals surface area contributed by atoms with Gasteiger partial charge in [0.15, 0.2) is 6.61 Å². The zero-order valence-corrected chi connectivity index (χ0v) is 20.6. The van der Waals surface area contributed by atoms with E-state index in [2.05, 4.69) is 10.6 Å². The molecule has 1 heterocycles. The molecule has 0 saturated carbocycles. The van der Waals surface area contributed by atoms with Crippen LogP contribution in [-0.4, -0.2) is 35.5 Å². The molecule has 0 radical (unpaired) electrons. The van der Waals surface area contributed by atoms with Crippen molar-refractivity contribution in [1.82, 2.24) is 5.32 Å². The lowest BCUT2D eigenvalue weighted by atomic mass is 10.1. The van der Waals surface area contributed by atoms with Crippen LogP contribution in [0.3, 0.4) is 0 Å². The van der Waals surface area contributed by atoms with Gasteiger partial charge in [0.2, 0.25) is 0 Å². The second kappa shape index (κ2) is 10.5. The monoisotopic (exact) mass is 519 g/mol. The zero-order chi connectivity index (χ0) is 26.7. The first kappa shape index (κ1) is 25.5. The molecule has 1 saturated heterocycles. The number of nitrogens with zero attached hydrogens (tertiary/aromatic N) is 1. The first-order valence-electron chi connectivity index (χ1n) is 11.1. The molecule has 4 rings (SSSR count). The summed E-state index contributed by atoms with van der Waals surface area (Å²) in [5, 5.41) is 14.7. The number of amides is 5. The molecule has 188 valence electrons. The van der Waals surface area contributed by atoms with E-state index in [-0.39, 0.29) is 34.9 Å². The van der Waals surface area contributed by atoms with Gasteiger partial charge in [-0.3, -0.25) is 19.7 Å². The van der Waals surface area contributed by atoms with E-state index in [1.807, 2.05) is 26.0 Å². The predicted octanol–water partition coefficient (Wildman–Crippen LogP) is 4.35. The molecule has 37 heavy (non-hydrogen) atoms. The third-order valence-electron chi connectivity index (χ3n) is 5.50. The number of benzene rings is 3. The number of halogens is 1. The first-order valence-corrected chi connectivity index (χ1v) is 11.5. The van der Waals surface area contributed by atoms with Crippen LogP contribution in [0.1, 0.15) is 16.7 Å². The van der Waals surface area contributed by atoms with Gasteiger partial charge in [0.1, 0.15) is 17.1 Å². The molecule has 5 amide bonds. The molecule has 1 aliphatic rings. The summed E-state index contributed by atoms with van der Waals surface area (Å²) in [7, 11) is 0. The van der Waals surface area contributed by atoms with Crippen molar-refractivity contribution in [2.75, 3.05) is 16.8 Å². The number of aromatic hydroxyl groups is 1. The summed E-state index contributed by atoms with van der Waals surface area (Å²) < 4.78 is 5.68. The van der Waals surface area contributed by atoms with Crippen LogP contribution in [0, 0.1) is 13.8 Å². The largest absolute Gasteiger partial charge is 0.508 e. The van der Waals surface area contributed by atoms with Crippen LogP contribution >= 0.6 is 11.6 Å². The Balaban J connectivity index is 1.57. The minimum Gasteiger partial charge on any atom is -0.508 e. The van der Waals surface area contributed by atoms with E-state index in [0.29, 0.717) is 10.7 Å². The van der Waals surface area contributed by atoms with Crippen LogP contribution in [0.4, 0.5) is 16.2 Å². The Morgan fingerprint density at radius 3 is 2.49 bits per heavy atom. The Hall–Kier alpha value is -4.63. The normalized spacial score (nSPS) is 14.5. The Morgan fingerprint density at radius 1 is 1.05 bits per heavy atom. The molecular weight excluding hydrogens is 498 g/mol. The molecule has 0 spiro atoms. The van der Waals surface area contributed by atoms with E-state index in [0.717, 1.165) is 16.0 Å². The van der Waals surface area contributed by atoms with Gasteiger partial charge in [0.05, 0.1) is 5.69 Å². The summed E-state index contributed by atoms with van der Waals surface area (Å²) in [5.74, 6) is -2.04. The average Bonchev–Trinajstić information content (AvgIpc) is 2.84. The molecule has 0 aromatic heterocycles. The number of hydrogen-bond donors (Lipinski definition) is 3. The van der Waals surface area contributed by atoms with Crippen molar-refractivity contribution in [3.63, 3.8) is 0 Å². The van der Waals surface area contributed by atoms with Gasteiger partial charge in [-0.15, -0.1) is 0 Å². The lowest BCUT2D eigenvalue weighted by Crippen LogP contribution is -2.54. The van der Waals surface area contributed by atoms with Crippen LogP contribution in [0.15, 0.2) is 66.2 Å². The van der Waals surface area contributed by atoms with Crippen molar-refractivity contribution in [2.24, 2.45) is 0 Å². The van der Waals surface area contributed by atoms with Gasteiger partial charge in [-0.2, -0.15) is 0 Å². The van der Waals surface area contributed by atoms with Gasteiger partial charge in [0.25, 0.3) is 17.7 Å². The summed E-state index contributed by atoms with van der Waals surface area (Å²) >= 11 is 6.13. The number of imide groups is 2. The van der Waals surface area contributed by atoms with Crippen molar-refractivity contribution in [3.8, 4) is 11.5 Å². The van der Waals surface area contributed by atoms with Crippen LogP contribution in [0.25, 0.3) is 6.08 Å². The molecule has 0 unspecified atom stereocenters. The van der Waals surface area contributed by atoms with E-state index in [9.17, 15) is 24.3 Å². The number of rotatable bonds is 6. The number of aryl methyl sites for hydroxylation is 2. The van der Waals surface area contributed by atoms with Crippen molar-refractivity contribution in [3.05, 3.63) is 87.9 Å². The van der Waals surface area contributed by atoms with Gasteiger partial charge >= 0.3 is 6.03 Å². The van der Waals surface area contributed by atoms with Crippen molar-refractivity contribution in [2.45, 2.75) is 13.8 Å². The summed E-state index contributed by atoms with van der Waals surface area (Å²) in [6.45, 7) is 3.49. The van der Waals surface area contributed by atoms with Gasteiger partial charge in [-0.05, 0) is 74.0 Å². The number of phenolic OH excluding ortho intramolecular Hbond substituents is 1. The molecule has 3 aromatic rings. The number of urea groups is 1. The van der Waals surface area contributed by atoms with Crippen LogP contribution < -0.4 is 20.3 Å². The summed E-state index contributed by atoms with van der Waals surface area (Å²) in [5.41, 5.74) is 2.69. The number of phenols is 1. The lowest BCUT2D eigenvalue weighted by Gasteiger charge is -2.26. The van der Waals surface area contributed by atoms with E-state index in [1.54, 1.807) is 6.07 Å². The third-order valence-corrected chi connectivity index (χ3v) is 5.73. The SMILES string of the molecule is Cc1ccc(NC(=O)COc2ccc(Cl)cc2/C=C2/C(=O)NC(=O)N(c3ccc(O)cc3)C2=O)c(C)c1. The summed E-state index contributed by atoms with van der Waals surface area (Å²) in [6, 6.07) is 14.5. The lowest BCUT2D eigenvalue weighted by molar-refractivity contribution is -0.122. The fraction of sp³-hybridized carbons (Fsp3) is 0.111. The average molecular weight is 520 g/mol. The minimum absolute atomic E-state index is 0.0530. The second-order valence-electron chi connectivity index (χ2n) is 8.31. The number of carbonyl (C=O) groups is 4. The van der Waals surface area contributed by atoms with E-state index in [4.69, 9.17) is 16.3 Å². The Kier molecular flexibility index (Phi) is 7.26. The molecule has 0 atom stereocenters. The van der Waals surface area contributed by atoms with Crippen molar-refractivity contribution in [1.29, 1.82) is 0 Å². The Labute approximate surface area is 217 Å². The quantitative estimate of drug-likeness (QED) is 0.328. The molecule has 1 fully saturated rings. The summed E-state index contributed by atoms with van der Waals surface area (Å²) in [4.78, 5) is 51.3. The maximum absolute atomic E-state index is 13.1. The van der Waals surface area contributed by atoms with Gasteiger partial charge < -0.3 is 15.2 Å².